The summed E-state index contributed by atoms with van der Waals surface area (Å²) in [6.07, 6.45) is 3.64. The number of nitrogens with one attached hydrogen (secondary N) is 2. The Labute approximate surface area is 171 Å². The summed E-state index contributed by atoms with van der Waals surface area (Å²) in [6, 6.07) is 11.0. The highest BCUT2D eigenvalue weighted by atomic mass is 19.1. The van der Waals surface area contributed by atoms with Gasteiger partial charge in [-0.05, 0) is 55.3 Å². The first-order chi connectivity index (χ1) is 14.7. The number of aromatic amines is 1. The monoisotopic (exact) mass is 407 g/mol. The number of hydrogen-bond acceptors (Lipinski definition) is 5. The van der Waals surface area contributed by atoms with E-state index < -0.39 is 11.6 Å². The Kier molecular flexibility index (Phi) is 4.84. The van der Waals surface area contributed by atoms with E-state index in [1.807, 2.05) is 0 Å². The van der Waals surface area contributed by atoms with Crippen molar-refractivity contribution in [1.29, 1.82) is 0 Å². The molecule has 0 unspecified atom stereocenters. The van der Waals surface area contributed by atoms with Crippen molar-refractivity contribution in [2.24, 2.45) is 0 Å². The highest BCUT2D eigenvalue weighted by molar-refractivity contribution is 5.95. The average molecular weight is 407 g/mol. The lowest BCUT2D eigenvalue weighted by Gasteiger charge is -2.22. The molecule has 0 spiro atoms. The number of hydrogen-bond donors (Lipinski definition) is 2. The van der Waals surface area contributed by atoms with Gasteiger partial charge in [-0.2, -0.15) is 10.1 Å². The molecule has 3 heterocycles. The number of fused-ring (bicyclic) bond motifs is 1. The standard InChI is InChI=1S/C22H19F2N5O/c23-16-4-1-5-17(24)20(16)13-6-7-18-15(11-13)21(29-28-18)19-8-10-26-22(27-19)30-14-3-2-9-25-12-14/h1,4-8,10-11,14,25H,2-3,9,12H2,(H,28,29)/t14-/m1/s1. The van der Waals surface area contributed by atoms with Crippen molar-refractivity contribution in [3.8, 4) is 28.5 Å². The maximum atomic E-state index is 14.3. The number of piperidine rings is 1. The topological polar surface area (TPSA) is 75.7 Å². The SMILES string of the molecule is Fc1cccc(F)c1-c1ccc2[nH]nc(-c3ccnc(O[C@@H]4CCCNC4)n3)c2c1. The van der Waals surface area contributed by atoms with Gasteiger partial charge < -0.3 is 10.1 Å². The van der Waals surface area contributed by atoms with Crippen LogP contribution in [0.25, 0.3) is 33.4 Å². The summed E-state index contributed by atoms with van der Waals surface area (Å²) in [5.74, 6) is -1.23. The van der Waals surface area contributed by atoms with Crippen LogP contribution in [0.5, 0.6) is 6.01 Å². The summed E-state index contributed by atoms with van der Waals surface area (Å²) in [4.78, 5) is 8.72. The van der Waals surface area contributed by atoms with Gasteiger partial charge in [-0.3, -0.25) is 5.10 Å². The highest BCUT2D eigenvalue weighted by Crippen LogP contribution is 2.32. The number of H-pyrrole nitrogens is 1. The van der Waals surface area contributed by atoms with Gasteiger partial charge in [-0.1, -0.05) is 12.1 Å². The van der Waals surface area contributed by atoms with Crippen molar-refractivity contribution < 1.29 is 13.5 Å². The molecule has 0 bridgehead atoms. The second kappa shape index (κ2) is 7.79. The third kappa shape index (κ3) is 3.50. The number of aromatic nitrogens is 4. The molecule has 1 fully saturated rings. The van der Waals surface area contributed by atoms with Crippen LogP contribution < -0.4 is 10.1 Å². The van der Waals surface area contributed by atoms with Crippen LogP contribution in [0.1, 0.15) is 12.8 Å². The zero-order valence-corrected chi connectivity index (χ0v) is 16.0. The molecule has 1 aliphatic heterocycles. The Bertz CT molecular complexity index is 1180. The molecule has 0 saturated carbocycles. The van der Waals surface area contributed by atoms with Crippen LogP contribution in [0.3, 0.4) is 0 Å². The molecule has 5 rings (SSSR count). The van der Waals surface area contributed by atoms with Crippen molar-refractivity contribution in [1.82, 2.24) is 25.5 Å². The van der Waals surface area contributed by atoms with Gasteiger partial charge in [0.25, 0.3) is 0 Å². The molecule has 152 valence electrons. The molecule has 8 heteroatoms. The molecule has 30 heavy (non-hydrogen) atoms. The van der Waals surface area contributed by atoms with Gasteiger partial charge in [-0.15, -0.1) is 0 Å². The molecule has 0 aliphatic carbocycles. The quantitative estimate of drug-likeness (QED) is 0.533. The summed E-state index contributed by atoms with van der Waals surface area (Å²) in [5.41, 5.74) is 2.24. The summed E-state index contributed by atoms with van der Waals surface area (Å²) in [6.45, 7) is 1.75. The molecule has 6 nitrogen and oxygen atoms in total. The Morgan fingerprint density at radius 2 is 1.93 bits per heavy atom. The van der Waals surface area contributed by atoms with Gasteiger partial charge in [0.2, 0.25) is 0 Å². The molecule has 2 aromatic heterocycles. The first-order valence-corrected chi connectivity index (χ1v) is 9.82. The van der Waals surface area contributed by atoms with E-state index in [0.717, 1.165) is 31.4 Å². The fraction of sp³-hybridized carbons (Fsp3) is 0.227. The molecule has 2 N–H and O–H groups in total. The van der Waals surface area contributed by atoms with Gasteiger partial charge >= 0.3 is 6.01 Å². The zero-order valence-electron chi connectivity index (χ0n) is 16.0. The first-order valence-electron chi connectivity index (χ1n) is 9.82. The minimum absolute atomic E-state index is 0.0283. The first kappa shape index (κ1) is 18.6. The molecule has 1 atom stereocenters. The Morgan fingerprint density at radius 3 is 2.73 bits per heavy atom. The largest absolute Gasteiger partial charge is 0.459 e. The molecule has 0 radical (unpaired) electrons. The van der Waals surface area contributed by atoms with Crippen molar-refractivity contribution in [2.75, 3.05) is 13.1 Å². The molecule has 1 aliphatic rings. The fourth-order valence-corrected chi connectivity index (χ4v) is 3.74. The smallest absolute Gasteiger partial charge is 0.317 e. The second-order valence-electron chi connectivity index (χ2n) is 7.24. The van der Waals surface area contributed by atoms with Crippen molar-refractivity contribution >= 4 is 10.9 Å². The van der Waals surface area contributed by atoms with Crippen LogP contribution in [-0.2, 0) is 0 Å². The Balaban J connectivity index is 1.53. The highest BCUT2D eigenvalue weighted by Gasteiger charge is 2.18. The number of rotatable bonds is 4. The summed E-state index contributed by atoms with van der Waals surface area (Å²) in [7, 11) is 0. The predicted molar refractivity (Wildman–Crippen MR) is 109 cm³/mol. The maximum Gasteiger partial charge on any atom is 0.317 e. The van der Waals surface area contributed by atoms with Crippen LogP contribution in [0.2, 0.25) is 0 Å². The Hall–Kier alpha value is -3.39. The van der Waals surface area contributed by atoms with Crippen molar-refractivity contribution in [3.05, 3.63) is 60.3 Å². The van der Waals surface area contributed by atoms with E-state index in [-0.39, 0.29) is 17.7 Å². The van der Waals surface area contributed by atoms with Crippen molar-refractivity contribution in [2.45, 2.75) is 18.9 Å². The van der Waals surface area contributed by atoms with Crippen LogP contribution in [-0.4, -0.2) is 39.4 Å². The van der Waals surface area contributed by atoms with E-state index in [2.05, 4.69) is 25.5 Å². The summed E-state index contributed by atoms with van der Waals surface area (Å²) >= 11 is 0. The van der Waals surface area contributed by atoms with E-state index in [1.54, 1.807) is 30.5 Å². The van der Waals surface area contributed by atoms with Gasteiger partial charge in [0.15, 0.2) is 0 Å². The lowest BCUT2D eigenvalue weighted by molar-refractivity contribution is 0.153. The van der Waals surface area contributed by atoms with Gasteiger partial charge in [0, 0.05) is 18.1 Å². The zero-order chi connectivity index (χ0) is 20.5. The molecule has 0 amide bonds. The molecule has 2 aromatic carbocycles. The molecular weight excluding hydrogens is 388 g/mol. The predicted octanol–water partition coefficient (Wildman–Crippen LogP) is 4.10. The van der Waals surface area contributed by atoms with Crippen molar-refractivity contribution in [3.63, 3.8) is 0 Å². The van der Waals surface area contributed by atoms with E-state index in [1.165, 1.54) is 18.2 Å². The average Bonchev–Trinajstić information content (AvgIpc) is 3.18. The normalized spacial score (nSPS) is 16.7. The molecule has 4 aromatic rings. The lowest BCUT2D eigenvalue weighted by Crippen LogP contribution is -2.37. The van der Waals surface area contributed by atoms with Crippen LogP contribution in [0.15, 0.2) is 48.7 Å². The minimum Gasteiger partial charge on any atom is -0.459 e. The maximum absolute atomic E-state index is 14.3. The second-order valence-corrected chi connectivity index (χ2v) is 7.24. The van der Waals surface area contributed by atoms with Crippen LogP contribution in [0.4, 0.5) is 8.78 Å². The molecular formula is C22H19F2N5O. The van der Waals surface area contributed by atoms with Gasteiger partial charge in [-0.25, -0.2) is 13.8 Å². The summed E-state index contributed by atoms with van der Waals surface area (Å²) in [5, 5.41) is 11.3. The third-order valence-electron chi connectivity index (χ3n) is 5.21. The minimum atomic E-state index is -0.613. The van der Waals surface area contributed by atoms with Gasteiger partial charge in [0.1, 0.15) is 23.4 Å². The fourth-order valence-electron chi connectivity index (χ4n) is 3.74. The summed E-state index contributed by atoms with van der Waals surface area (Å²) < 4.78 is 34.4. The van der Waals surface area contributed by atoms with E-state index in [0.29, 0.717) is 22.3 Å². The van der Waals surface area contributed by atoms with Crippen LogP contribution >= 0.6 is 0 Å². The third-order valence-corrected chi connectivity index (χ3v) is 5.21. The Morgan fingerprint density at radius 1 is 1.07 bits per heavy atom. The number of benzene rings is 2. The number of halogens is 2. The van der Waals surface area contributed by atoms with E-state index >= 15 is 0 Å². The van der Waals surface area contributed by atoms with E-state index in [9.17, 15) is 8.78 Å². The van der Waals surface area contributed by atoms with Crippen LogP contribution in [0, 0.1) is 11.6 Å². The molecule has 1 saturated heterocycles. The van der Waals surface area contributed by atoms with Gasteiger partial charge in [0.05, 0.1) is 16.8 Å². The van der Waals surface area contributed by atoms with E-state index in [4.69, 9.17) is 4.74 Å². The lowest BCUT2D eigenvalue weighted by atomic mass is 10.0. The number of ether oxygens (including phenoxy) is 1. The number of nitrogens with zero attached hydrogens (tertiary/aromatic N) is 3.